The lowest BCUT2D eigenvalue weighted by molar-refractivity contribution is -0.119. The number of ether oxygens (including phenoxy) is 1. The summed E-state index contributed by atoms with van der Waals surface area (Å²) in [7, 11) is 0. The highest BCUT2D eigenvalue weighted by Gasteiger charge is 2.47. The van der Waals surface area contributed by atoms with Crippen LogP contribution in [0.25, 0.3) is 0 Å². The molecule has 3 N–H and O–H groups in total. The van der Waals surface area contributed by atoms with E-state index in [1.807, 2.05) is 26.0 Å². The van der Waals surface area contributed by atoms with E-state index in [9.17, 15) is 15.0 Å². The Kier molecular flexibility index (Phi) is 8.62. The summed E-state index contributed by atoms with van der Waals surface area (Å²) < 4.78 is 6.53. The van der Waals surface area contributed by atoms with E-state index in [0.29, 0.717) is 6.42 Å². The van der Waals surface area contributed by atoms with Crippen LogP contribution in [-0.2, 0) is 10.2 Å². The number of carbonyl (C=O) groups is 1. The number of phenolic OH excluding ortho intramolecular Hbond substituents is 1. The van der Waals surface area contributed by atoms with Gasteiger partial charge in [-0.15, -0.1) is 0 Å². The molecule has 35 heavy (non-hydrogen) atoms. The molecular weight excluding hydrogens is 438 g/mol. The number of aliphatic hydroxyl groups excluding tert-OH is 1. The highest BCUT2D eigenvalue weighted by molar-refractivity contribution is 5.94. The number of hydrogen-bond acceptors (Lipinski definition) is 4. The van der Waals surface area contributed by atoms with Gasteiger partial charge in [0.15, 0.2) is 0 Å². The first-order valence-electron chi connectivity index (χ1n) is 13.6. The summed E-state index contributed by atoms with van der Waals surface area (Å²) in [5, 5.41) is 23.9. The van der Waals surface area contributed by atoms with Crippen molar-refractivity contribution in [2.75, 3.05) is 6.61 Å². The quantitative estimate of drug-likeness (QED) is 0.337. The first kappa shape index (κ1) is 27.6. The molecule has 5 nitrogen and oxygen atoms in total. The fourth-order valence-electron chi connectivity index (χ4n) is 5.79. The first-order chi connectivity index (χ1) is 16.4. The number of aliphatic hydroxyl groups is 1. The molecule has 2 unspecified atom stereocenters. The monoisotopic (exact) mass is 485 g/mol. The molecule has 0 fully saturated rings. The minimum Gasteiger partial charge on any atom is -0.508 e. The maximum absolute atomic E-state index is 13.1. The molecule has 196 valence electrons. The van der Waals surface area contributed by atoms with E-state index in [1.165, 1.54) is 25.7 Å². The number of carbonyl (C=O) groups excluding carboxylic acids is 1. The van der Waals surface area contributed by atoms with Crippen LogP contribution in [0.2, 0.25) is 0 Å². The zero-order valence-corrected chi connectivity index (χ0v) is 22.9. The van der Waals surface area contributed by atoms with Crippen molar-refractivity contribution in [2.24, 2.45) is 11.8 Å². The molecule has 0 saturated heterocycles. The normalized spacial score (nSPS) is 22.0. The number of nitrogens with one attached hydrogen (secondary N) is 1. The lowest BCUT2D eigenvalue weighted by Crippen LogP contribution is -2.47. The molecule has 3 rings (SSSR count). The summed E-state index contributed by atoms with van der Waals surface area (Å²) in [6, 6.07) is 3.79. The van der Waals surface area contributed by atoms with Gasteiger partial charge in [0, 0.05) is 23.0 Å². The van der Waals surface area contributed by atoms with Crippen LogP contribution in [0.5, 0.6) is 11.5 Å². The maximum atomic E-state index is 13.1. The van der Waals surface area contributed by atoms with Gasteiger partial charge in [0.1, 0.15) is 17.1 Å². The van der Waals surface area contributed by atoms with Crippen LogP contribution >= 0.6 is 0 Å². The number of amides is 1. The third kappa shape index (κ3) is 6.04. The number of benzene rings is 1. The van der Waals surface area contributed by atoms with Crippen LogP contribution in [0.4, 0.5) is 0 Å². The van der Waals surface area contributed by atoms with Crippen molar-refractivity contribution in [3.8, 4) is 11.5 Å². The van der Waals surface area contributed by atoms with Crippen molar-refractivity contribution in [2.45, 2.75) is 116 Å². The Bertz CT molecular complexity index is 931. The Morgan fingerprint density at radius 2 is 1.94 bits per heavy atom. The van der Waals surface area contributed by atoms with E-state index in [4.69, 9.17) is 4.74 Å². The highest BCUT2D eigenvalue weighted by Crippen LogP contribution is 2.55. The number of allylic oxidation sites excluding steroid dienone is 1. The van der Waals surface area contributed by atoms with Gasteiger partial charge >= 0.3 is 0 Å². The second-order valence-corrected chi connectivity index (χ2v) is 12.2. The van der Waals surface area contributed by atoms with Gasteiger partial charge in [-0.3, -0.25) is 4.79 Å². The average Bonchev–Trinajstić information content (AvgIpc) is 2.78. The van der Waals surface area contributed by atoms with Crippen LogP contribution < -0.4 is 10.1 Å². The lowest BCUT2D eigenvalue weighted by Gasteiger charge is -2.47. The third-order valence-electron chi connectivity index (χ3n) is 8.35. The lowest BCUT2D eigenvalue weighted by atomic mass is 9.66. The Labute approximate surface area is 212 Å². The van der Waals surface area contributed by atoms with Gasteiger partial charge in [-0.05, 0) is 62.1 Å². The Balaban J connectivity index is 1.89. The van der Waals surface area contributed by atoms with Gasteiger partial charge in [0.2, 0.25) is 5.91 Å². The molecule has 5 heteroatoms. The summed E-state index contributed by atoms with van der Waals surface area (Å²) in [5.41, 5.74) is 2.21. The molecular formula is C30H47NO4. The van der Waals surface area contributed by atoms with Crippen molar-refractivity contribution >= 4 is 5.91 Å². The molecule has 0 spiro atoms. The molecule has 0 bridgehead atoms. The van der Waals surface area contributed by atoms with E-state index >= 15 is 0 Å². The summed E-state index contributed by atoms with van der Waals surface area (Å²) in [6.07, 6.45) is 9.24. The number of hydrogen-bond donors (Lipinski definition) is 3. The topological polar surface area (TPSA) is 78.8 Å². The highest BCUT2D eigenvalue weighted by atomic mass is 16.5. The summed E-state index contributed by atoms with van der Waals surface area (Å²) >= 11 is 0. The molecule has 1 aromatic rings. The maximum Gasteiger partial charge on any atom is 0.247 e. The fourth-order valence-corrected chi connectivity index (χ4v) is 5.79. The van der Waals surface area contributed by atoms with Crippen molar-refractivity contribution in [3.05, 3.63) is 34.9 Å². The zero-order chi connectivity index (χ0) is 26.0. The standard InChI is InChI=1S/C30H47NO4/c1-8-9-10-11-14-29(4,5)21-16-25(33)27-22-15-20(28(34)31-24(18-32)19(2)3)12-13-23(22)30(6,7)35-26(27)17-21/h12,16-17,19,22-24,32-33H,8-11,13-15,18H2,1-7H3,(H,31,34)/t22?,23-,24?/m1/s1. The van der Waals surface area contributed by atoms with Gasteiger partial charge in [-0.1, -0.05) is 66.4 Å². The Morgan fingerprint density at radius 3 is 2.57 bits per heavy atom. The minimum absolute atomic E-state index is 0.00726. The molecule has 1 amide bonds. The van der Waals surface area contributed by atoms with E-state index in [1.54, 1.807) is 0 Å². The van der Waals surface area contributed by atoms with Crippen LogP contribution in [0.3, 0.4) is 0 Å². The van der Waals surface area contributed by atoms with Crippen molar-refractivity contribution in [1.29, 1.82) is 0 Å². The van der Waals surface area contributed by atoms with Gasteiger partial charge < -0.3 is 20.3 Å². The molecule has 0 aromatic heterocycles. The van der Waals surface area contributed by atoms with Crippen LogP contribution in [0, 0.1) is 11.8 Å². The van der Waals surface area contributed by atoms with E-state index < -0.39 is 5.60 Å². The Morgan fingerprint density at radius 1 is 1.23 bits per heavy atom. The molecule has 1 aliphatic heterocycles. The molecule has 2 aliphatic rings. The van der Waals surface area contributed by atoms with Crippen LogP contribution in [-0.4, -0.2) is 34.4 Å². The van der Waals surface area contributed by atoms with Gasteiger partial charge in [0.25, 0.3) is 0 Å². The van der Waals surface area contributed by atoms with Crippen molar-refractivity contribution in [3.63, 3.8) is 0 Å². The second kappa shape index (κ2) is 10.9. The summed E-state index contributed by atoms with van der Waals surface area (Å²) in [5.74, 6) is 1.24. The molecule has 1 aliphatic carbocycles. The SMILES string of the molecule is CCCCCCC(C)(C)c1cc(O)c2c(c1)OC(C)(C)[C@@H]1CC=C(C(=O)NC(CO)C(C)C)CC21. The van der Waals surface area contributed by atoms with E-state index in [2.05, 4.69) is 46.0 Å². The third-order valence-corrected chi connectivity index (χ3v) is 8.35. The number of rotatable bonds is 10. The predicted octanol–water partition coefficient (Wildman–Crippen LogP) is 6.36. The minimum atomic E-state index is -0.405. The predicted molar refractivity (Wildman–Crippen MR) is 142 cm³/mol. The Hall–Kier alpha value is -2.01. The molecule has 0 saturated carbocycles. The molecule has 0 radical (unpaired) electrons. The number of unbranched alkanes of at least 4 members (excludes halogenated alkanes) is 3. The molecule has 3 atom stereocenters. The van der Waals surface area contributed by atoms with Crippen LogP contribution in [0.1, 0.15) is 110 Å². The zero-order valence-electron chi connectivity index (χ0n) is 22.9. The average molecular weight is 486 g/mol. The number of phenols is 1. The fraction of sp³-hybridized carbons (Fsp3) is 0.700. The van der Waals surface area contributed by atoms with Crippen molar-refractivity contribution in [1.82, 2.24) is 5.32 Å². The largest absolute Gasteiger partial charge is 0.508 e. The van der Waals surface area contributed by atoms with Gasteiger partial charge in [-0.25, -0.2) is 0 Å². The van der Waals surface area contributed by atoms with Gasteiger partial charge in [0.05, 0.1) is 12.6 Å². The van der Waals surface area contributed by atoms with E-state index in [-0.39, 0.29) is 47.5 Å². The number of fused-ring (bicyclic) bond motifs is 3. The van der Waals surface area contributed by atoms with Gasteiger partial charge in [-0.2, -0.15) is 0 Å². The first-order valence-corrected chi connectivity index (χ1v) is 13.6. The van der Waals surface area contributed by atoms with E-state index in [0.717, 1.165) is 35.3 Å². The van der Waals surface area contributed by atoms with Crippen molar-refractivity contribution < 1.29 is 19.7 Å². The summed E-state index contributed by atoms with van der Waals surface area (Å²) in [6.45, 7) is 14.9. The smallest absolute Gasteiger partial charge is 0.247 e. The van der Waals surface area contributed by atoms with Crippen LogP contribution in [0.15, 0.2) is 23.8 Å². The summed E-state index contributed by atoms with van der Waals surface area (Å²) in [4.78, 5) is 13.1. The molecule has 1 aromatic carbocycles. The molecule has 1 heterocycles. The second-order valence-electron chi connectivity index (χ2n) is 12.2. The number of aromatic hydroxyl groups is 1.